The highest BCUT2D eigenvalue weighted by atomic mass is 16.4. The monoisotopic (exact) mass is 222 g/mol. The van der Waals surface area contributed by atoms with E-state index in [1.165, 1.54) is 4.52 Å². The van der Waals surface area contributed by atoms with Crippen molar-refractivity contribution >= 4 is 11.7 Å². The van der Waals surface area contributed by atoms with Gasteiger partial charge in [0.05, 0.1) is 11.4 Å². The van der Waals surface area contributed by atoms with Crippen LogP contribution in [0.2, 0.25) is 0 Å². The maximum Gasteiger partial charge on any atom is 0.339 e. The lowest BCUT2D eigenvalue weighted by atomic mass is 10.2. The highest BCUT2D eigenvalue weighted by molar-refractivity contribution is 5.90. The van der Waals surface area contributed by atoms with E-state index in [2.05, 4.69) is 15.1 Å². The zero-order chi connectivity index (χ0) is 11.9. The first kappa shape index (κ1) is 10.5. The SMILES string of the molecule is Cc1nc2nc(CO)nn2c(C)c1C(=O)O. The van der Waals surface area contributed by atoms with Crippen LogP contribution in [0.5, 0.6) is 0 Å². The maximum atomic E-state index is 11.0. The molecule has 7 nitrogen and oxygen atoms in total. The van der Waals surface area contributed by atoms with Crippen LogP contribution < -0.4 is 0 Å². The molecule has 0 aliphatic rings. The van der Waals surface area contributed by atoms with Gasteiger partial charge in [0.25, 0.3) is 5.78 Å². The quantitative estimate of drug-likeness (QED) is 0.737. The summed E-state index contributed by atoms with van der Waals surface area (Å²) in [5.74, 6) is -0.535. The number of rotatable bonds is 2. The van der Waals surface area contributed by atoms with Crippen LogP contribution >= 0.6 is 0 Å². The molecule has 0 spiro atoms. The smallest absolute Gasteiger partial charge is 0.339 e. The number of carbonyl (C=O) groups is 1. The van der Waals surface area contributed by atoms with Gasteiger partial charge in [-0.1, -0.05) is 0 Å². The van der Waals surface area contributed by atoms with E-state index in [0.717, 1.165) is 0 Å². The van der Waals surface area contributed by atoms with Crippen molar-refractivity contribution in [2.75, 3.05) is 0 Å². The topological polar surface area (TPSA) is 101 Å². The van der Waals surface area contributed by atoms with E-state index in [1.807, 2.05) is 0 Å². The van der Waals surface area contributed by atoms with Gasteiger partial charge in [-0.2, -0.15) is 4.98 Å². The average Bonchev–Trinajstić information content (AvgIpc) is 2.60. The number of hydrogen-bond donors (Lipinski definition) is 2. The van der Waals surface area contributed by atoms with Gasteiger partial charge in [0.15, 0.2) is 5.82 Å². The van der Waals surface area contributed by atoms with Crippen molar-refractivity contribution < 1.29 is 15.0 Å². The summed E-state index contributed by atoms with van der Waals surface area (Å²) in [7, 11) is 0. The van der Waals surface area contributed by atoms with Crippen molar-refractivity contribution in [3.8, 4) is 0 Å². The van der Waals surface area contributed by atoms with Crippen molar-refractivity contribution in [2.45, 2.75) is 20.5 Å². The van der Waals surface area contributed by atoms with Crippen LogP contribution in [0.15, 0.2) is 0 Å². The lowest BCUT2D eigenvalue weighted by Crippen LogP contribution is -2.10. The molecule has 7 heteroatoms. The summed E-state index contributed by atoms with van der Waals surface area (Å²) in [4.78, 5) is 19.0. The number of fused-ring (bicyclic) bond motifs is 1. The van der Waals surface area contributed by atoms with E-state index < -0.39 is 5.97 Å². The van der Waals surface area contributed by atoms with Gasteiger partial charge in [-0.25, -0.2) is 14.3 Å². The number of carboxylic acid groups (broad SMARTS) is 1. The molecule has 0 saturated heterocycles. The summed E-state index contributed by atoms with van der Waals surface area (Å²) >= 11 is 0. The molecule has 0 unspecified atom stereocenters. The third kappa shape index (κ3) is 1.41. The highest BCUT2D eigenvalue weighted by Gasteiger charge is 2.17. The Kier molecular flexibility index (Phi) is 2.31. The summed E-state index contributed by atoms with van der Waals surface area (Å²) in [5, 5.41) is 21.9. The molecule has 0 bridgehead atoms. The molecule has 0 aliphatic carbocycles. The Morgan fingerprint density at radius 1 is 1.38 bits per heavy atom. The largest absolute Gasteiger partial charge is 0.478 e. The second-order valence-electron chi connectivity index (χ2n) is 3.36. The van der Waals surface area contributed by atoms with Crippen LogP contribution in [0.1, 0.15) is 27.6 Å². The van der Waals surface area contributed by atoms with Gasteiger partial charge in [-0.15, -0.1) is 5.10 Å². The summed E-state index contributed by atoms with van der Waals surface area (Å²) in [6.45, 7) is 2.93. The second-order valence-corrected chi connectivity index (χ2v) is 3.36. The first-order valence-corrected chi connectivity index (χ1v) is 4.61. The molecule has 16 heavy (non-hydrogen) atoms. The molecule has 2 heterocycles. The summed E-state index contributed by atoms with van der Waals surface area (Å²) < 4.78 is 1.32. The normalized spacial score (nSPS) is 10.9. The molecular formula is C9H10N4O3. The van der Waals surface area contributed by atoms with Crippen LogP contribution in [-0.4, -0.2) is 35.8 Å². The Labute approximate surface area is 90.4 Å². The lowest BCUT2D eigenvalue weighted by molar-refractivity contribution is 0.0694. The lowest BCUT2D eigenvalue weighted by Gasteiger charge is -2.05. The van der Waals surface area contributed by atoms with Crippen molar-refractivity contribution in [1.82, 2.24) is 19.6 Å². The van der Waals surface area contributed by atoms with Gasteiger partial charge in [0.2, 0.25) is 0 Å². The van der Waals surface area contributed by atoms with Crippen molar-refractivity contribution in [3.05, 3.63) is 22.8 Å². The van der Waals surface area contributed by atoms with E-state index >= 15 is 0 Å². The van der Waals surface area contributed by atoms with Gasteiger partial charge in [0.1, 0.15) is 12.2 Å². The minimum Gasteiger partial charge on any atom is -0.478 e. The molecule has 0 radical (unpaired) electrons. The fourth-order valence-electron chi connectivity index (χ4n) is 1.59. The summed E-state index contributed by atoms with van der Waals surface area (Å²) in [6.07, 6.45) is 0. The molecule has 2 aromatic heterocycles. The molecular weight excluding hydrogens is 212 g/mol. The zero-order valence-corrected chi connectivity index (χ0v) is 8.80. The molecule has 0 fully saturated rings. The molecule has 84 valence electrons. The fourth-order valence-corrected chi connectivity index (χ4v) is 1.59. The van der Waals surface area contributed by atoms with E-state index in [0.29, 0.717) is 17.2 Å². The molecule has 2 aromatic rings. The third-order valence-corrected chi connectivity index (χ3v) is 2.30. The van der Waals surface area contributed by atoms with E-state index in [1.54, 1.807) is 13.8 Å². The number of aliphatic hydroxyl groups is 1. The fraction of sp³-hybridized carbons (Fsp3) is 0.333. The Hall–Kier alpha value is -2.02. The number of aryl methyl sites for hydroxylation is 2. The summed E-state index contributed by atoms with van der Waals surface area (Å²) in [5.41, 5.74) is 0.943. The van der Waals surface area contributed by atoms with E-state index in [-0.39, 0.29) is 18.0 Å². The molecule has 0 amide bonds. The minimum absolute atomic E-state index is 0.113. The second kappa shape index (κ2) is 3.53. The Morgan fingerprint density at radius 2 is 2.06 bits per heavy atom. The van der Waals surface area contributed by atoms with Gasteiger partial charge in [0, 0.05) is 0 Å². The number of aliphatic hydroxyl groups excluding tert-OH is 1. The number of nitrogens with zero attached hydrogens (tertiary/aromatic N) is 4. The third-order valence-electron chi connectivity index (χ3n) is 2.30. The summed E-state index contributed by atoms with van der Waals surface area (Å²) in [6, 6.07) is 0. The van der Waals surface area contributed by atoms with Crippen molar-refractivity contribution in [1.29, 1.82) is 0 Å². The predicted molar refractivity (Wildman–Crippen MR) is 53.1 cm³/mol. The molecule has 0 aliphatic heterocycles. The Balaban J connectivity index is 2.81. The van der Waals surface area contributed by atoms with Crippen LogP contribution in [0.4, 0.5) is 0 Å². The first-order valence-electron chi connectivity index (χ1n) is 4.61. The van der Waals surface area contributed by atoms with Crippen LogP contribution in [0.25, 0.3) is 5.78 Å². The number of aromatic nitrogens is 4. The molecule has 0 atom stereocenters. The van der Waals surface area contributed by atoms with Crippen molar-refractivity contribution in [3.63, 3.8) is 0 Å². The standard InChI is InChI=1S/C9H10N4O3/c1-4-7(8(15)16)5(2)13-9(10-4)11-6(3-14)12-13/h14H,3H2,1-2H3,(H,15,16). The Morgan fingerprint density at radius 3 is 2.62 bits per heavy atom. The highest BCUT2D eigenvalue weighted by Crippen LogP contribution is 2.13. The zero-order valence-electron chi connectivity index (χ0n) is 8.80. The van der Waals surface area contributed by atoms with Gasteiger partial charge in [-0.05, 0) is 13.8 Å². The van der Waals surface area contributed by atoms with Gasteiger partial charge < -0.3 is 10.2 Å². The number of carboxylic acids is 1. The van der Waals surface area contributed by atoms with Crippen LogP contribution in [-0.2, 0) is 6.61 Å². The average molecular weight is 222 g/mol. The van der Waals surface area contributed by atoms with Gasteiger partial charge in [-0.3, -0.25) is 0 Å². The minimum atomic E-state index is -1.05. The molecule has 0 saturated carbocycles. The van der Waals surface area contributed by atoms with E-state index in [4.69, 9.17) is 10.2 Å². The number of hydrogen-bond acceptors (Lipinski definition) is 5. The maximum absolute atomic E-state index is 11.0. The number of aromatic carboxylic acids is 1. The first-order chi connectivity index (χ1) is 7.54. The van der Waals surface area contributed by atoms with E-state index in [9.17, 15) is 4.79 Å². The Bertz CT molecular complexity index is 576. The molecule has 2 rings (SSSR count). The molecule has 2 N–H and O–H groups in total. The predicted octanol–water partition coefficient (Wildman–Crippen LogP) is -0.0684. The van der Waals surface area contributed by atoms with Crippen molar-refractivity contribution in [2.24, 2.45) is 0 Å². The van der Waals surface area contributed by atoms with Gasteiger partial charge >= 0.3 is 5.97 Å². The van der Waals surface area contributed by atoms with Crippen LogP contribution in [0, 0.1) is 13.8 Å². The molecule has 0 aromatic carbocycles. The van der Waals surface area contributed by atoms with Crippen LogP contribution in [0.3, 0.4) is 0 Å².